The van der Waals surface area contributed by atoms with E-state index in [9.17, 15) is 0 Å². The highest BCUT2D eigenvalue weighted by molar-refractivity contribution is 4.70. The molecule has 2 aliphatic rings. The largest absolute Gasteiger partial charge is 1.00 e. The molecule has 1 nitrogen and oxygen atoms in total. The number of fused-ring (bicyclic) bond motifs is 2. The van der Waals surface area contributed by atoms with Gasteiger partial charge in [0.15, 0.2) is 0 Å². The minimum absolute atomic E-state index is 0. The van der Waals surface area contributed by atoms with Gasteiger partial charge in [-0.3, -0.25) is 0 Å². The van der Waals surface area contributed by atoms with Gasteiger partial charge in [0.25, 0.3) is 0 Å². The van der Waals surface area contributed by atoms with Crippen molar-refractivity contribution < 1.29 is 21.5 Å². The second kappa shape index (κ2) is 2.82. The van der Waals surface area contributed by atoms with Crippen molar-refractivity contribution in [3.05, 3.63) is 0 Å². The molecule has 2 heteroatoms. The first-order valence-corrected chi connectivity index (χ1v) is 4.12. The van der Waals surface area contributed by atoms with Crippen LogP contribution in [0.3, 0.4) is 0 Å². The molecule has 0 N–H and O–H groups in total. The van der Waals surface area contributed by atoms with Crippen LogP contribution >= 0.6 is 0 Å². The zero-order valence-electron chi connectivity index (χ0n) is 6.65. The summed E-state index contributed by atoms with van der Waals surface area (Å²) in [6, 6.07) is 0. The number of piperidine rings is 1. The molecule has 2 saturated heterocycles. The molecule has 60 valence electrons. The topological polar surface area (TPSA) is 0 Å². The maximum Gasteiger partial charge on any atom is 0.0815 e. The molecule has 2 aliphatic heterocycles. The summed E-state index contributed by atoms with van der Waals surface area (Å²) in [7, 11) is 2.42. The number of hydrogen-bond acceptors (Lipinski definition) is 0. The minimum atomic E-state index is 0. The van der Waals surface area contributed by atoms with E-state index in [1.165, 1.54) is 43.4 Å². The van der Waals surface area contributed by atoms with Gasteiger partial charge in [-0.25, -0.2) is 0 Å². The molecule has 0 radical (unpaired) electrons. The van der Waals surface area contributed by atoms with Crippen molar-refractivity contribution in [2.45, 2.75) is 19.3 Å². The van der Waals surface area contributed by atoms with E-state index in [0.29, 0.717) is 0 Å². The van der Waals surface area contributed by atoms with Gasteiger partial charge in [0.2, 0.25) is 0 Å². The van der Waals surface area contributed by atoms with Gasteiger partial charge >= 0.3 is 0 Å². The average Bonchev–Trinajstić information content (AvgIpc) is 2.07. The third-order valence-corrected chi connectivity index (χ3v) is 3.09. The summed E-state index contributed by atoms with van der Waals surface area (Å²) in [4.78, 5) is 0. The van der Waals surface area contributed by atoms with Crippen molar-refractivity contribution in [2.75, 3.05) is 26.7 Å². The summed E-state index contributed by atoms with van der Waals surface area (Å²) in [6.45, 7) is 4.40. The highest BCUT2D eigenvalue weighted by atomic mass is 79.9. The van der Waals surface area contributed by atoms with Crippen molar-refractivity contribution in [2.24, 2.45) is 5.92 Å². The Morgan fingerprint density at radius 3 is 2.60 bits per heavy atom. The first kappa shape index (κ1) is 8.54. The van der Waals surface area contributed by atoms with Crippen molar-refractivity contribution in [3.63, 3.8) is 0 Å². The lowest BCUT2D eigenvalue weighted by Gasteiger charge is -2.32. The predicted molar refractivity (Wildman–Crippen MR) is 38.1 cm³/mol. The first-order chi connectivity index (χ1) is 4.29. The molecule has 0 aromatic carbocycles. The molecule has 0 amide bonds. The van der Waals surface area contributed by atoms with Gasteiger partial charge in [0.05, 0.1) is 26.7 Å². The summed E-state index contributed by atoms with van der Waals surface area (Å²) in [6.07, 6.45) is 4.52. The molecule has 2 fully saturated rings. The van der Waals surface area contributed by atoms with Gasteiger partial charge in [-0.2, -0.15) is 0 Å². The summed E-state index contributed by atoms with van der Waals surface area (Å²) in [5, 5.41) is 0. The summed E-state index contributed by atoms with van der Waals surface area (Å²) >= 11 is 0. The lowest BCUT2D eigenvalue weighted by Crippen LogP contribution is -3.00. The van der Waals surface area contributed by atoms with Crippen LogP contribution in [-0.2, 0) is 0 Å². The van der Waals surface area contributed by atoms with Gasteiger partial charge in [0, 0.05) is 12.3 Å². The van der Waals surface area contributed by atoms with E-state index in [-0.39, 0.29) is 17.0 Å². The molecule has 2 heterocycles. The highest BCUT2D eigenvalue weighted by Crippen LogP contribution is 2.31. The van der Waals surface area contributed by atoms with Crippen LogP contribution in [0.15, 0.2) is 0 Å². The van der Waals surface area contributed by atoms with Crippen LogP contribution in [0, 0.1) is 5.92 Å². The molecule has 2 atom stereocenters. The zero-order valence-corrected chi connectivity index (χ0v) is 8.23. The van der Waals surface area contributed by atoms with Gasteiger partial charge in [-0.15, -0.1) is 0 Å². The van der Waals surface area contributed by atoms with Crippen LogP contribution in [0.25, 0.3) is 0 Å². The van der Waals surface area contributed by atoms with Crippen LogP contribution in [0.5, 0.6) is 0 Å². The van der Waals surface area contributed by atoms with Gasteiger partial charge < -0.3 is 21.5 Å². The lowest BCUT2D eigenvalue weighted by atomic mass is 10.0. The summed E-state index contributed by atoms with van der Waals surface area (Å²) < 4.78 is 1.39. The second-order valence-corrected chi connectivity index (χ2v) is 4.05. The van der Waals surface area contributed by atoms with E-state index < -0.39 is 0 Å². The van der Waals surface area contributed by atoms with Crippen LogP contribution < -0.4 is 17.0 Å². The van der Waals surface area contributed by atoms with Crippen LogP contribution in [0.4, 0.5) is 0 Å². The Kier molecular flexibility index (Phi) is 2.41. The molecule has 0 aromatic rings. The SMILES string of the molecule is C[N+]12CCCC(CC1)C2.[Br-]. The summed E-state index contributed by atoms with van der Waals surface area (Å²) in [5.74, 6) is 1.10. The lowest BCUT2D eigenvalue weighted by molar-refractivity contribution is -0.902. The minimum Gasteiger partial charge on any atom is -1.00 e. The fraction of sp³-hybridized carbons (Fsp3) is 1.00. The van der Waals surface area contributed by atoms with Crippen LogP contribution in [0.2, 0.25) is 0 Å². The summed E-state index contributed by atoms with van der Waals surface area (Å²) in [5.41, 5.74) is 0. The first-order valence-electron chi connectivity index (χ1n) is 4.12. The Bertz CT molecular complexity index is 122. The predicted octanol–water partition coefficient (Wildman–Crippen LogP) is -1.75. The van der Waals surface area contributed by atoms with E-state index in [4.69, 9.17) is 0 Å². The van der Waals surface area contributed by atoms with Crippen molar-refractivity contribution in [1.82, 2.24) is 0 Å². The Morgan fingerprint density at radius 2 is 2.00 bits per heavy atom. The quantitative estimate of drug-likeness (QED) is 0.412. The third-order valence-electron chi connectivity index (χ3n) is 3.09. The normalized spacial score (nSPS) is 44.7. The average molecular weight is 206 g/mol. The molecular formula is C8H16BrN. The van der Waals surface area contributed by atoms with E-state index in [2.05, 4.69) is 7.05 Å². The molecule has 0 aliphatic carbocycles. The molecule has 0 spiro atoms. The molecular weight excluding hydrogens is 190 g/mol. The smallest absolute Gasteiger partial charge is 0.0815 e. The zero-order chi connectivity index (χ0) is 6.32. The molecule has 0 saturated carbocycles. The van der Waals surface area contributed by atoms with Gasteiger partial charge in [-0.1, -0.05) is 0 Å². The molecule has 2 bridgehead atoms. The molecule has 0 aromatic heterocycles. The third kappa shape index (κ3) is 1.37. The van der Waals surface area contributed by atoms with Gasteiger partial charge in [-0.05, 0) is 12.8 Å². The van der Waals surface area contributed by atoms with Crippen LogP contribution in [-0.4, -0.2) is 31.2 Å². The van der Waals surface area contributed by atoms with E-state index >= 15 is 0 Å². The van der Waals surface area contributed by atoms with Crippen LogP contribution in [0.1, 0.15) is 19.3 Å². The fourth-order valence-electron chi connectivity index (χ4n) is 2.50. The van der Waals surface area contributed by atoms with E-state index in [0.717, 1.165) is 5.92 Å². The standard InChI is InChI=1S/C8H16N.BrH/c1-9-5-2-3-8(7-9)4-6-9;/h8H,2-7H2,1H3;1H/q+1;/p-1. The number of hydrogen-bond donors (Lipinski definition) is 0. The van der Waals surface area contributed by atoms with Crippen molar-refractivity contribution in [3.8, 4) is 0 Å². The molecule has 2 unspecified atom stereocenters. The van der Waals surface area contributed by atoms with Gasteiger partial charge in [0.1, 0.15) is 0 Å². The van der Waals surface area contributed by atoms with E-state index in [1.54, 1.807) is 0 Å². The van der Waals surface area contributed by atoms with Crippen molar-refractivity contribution >= 4 is 0 Å². The van der Waals surface area contributed by atoms with Crippen molar-refractivity contribution in [1.29, 1.82) is 0 Å². The Balaban J connectivity index is 0.000000500. The molecule has 2 rings (SSSR count). The number of nitrogens with zero attached hydrogens (tertiary/aromatic N) is 1. The molecule has 10 heavy (non-hydrogen) atoms. The maximum absolute atomic E-state index is 2.42. The second-order valence-electron chi connectivity index (χ2n) is 4.05. The van der Waals surface area contributed by atoms with E-state index in [1.807, 2.05) is 0 Å². The monoisotopic (exact) mass is 205 g/mol. The number of halogens is 1. The fourth-order valence-corrected chi connectivity index (χ4v) is 2.50. The number of rotatable bonds is 0. The Labute approximate surface area is 73.8 Å². The number of quaternary nitrogens is 1. The Hall–Kier alpha value is 0.440. The maximum atomic E-state index is 2.42. The Morgan fingerprint density at radius 1 is 1.20 bits per heavy atom. The highest BCUT2D eigenvalue weighted by Gasteiger charge is 2.37.